The van der Waals surface area contributed by atoms with Crippen LogP contribution in [-0.2, 0) is 0 Å². The zero-order valence-electron chi connectivity index (χ0n) is 7.88. The van der Waals surface area contributed by atoms with E-state index in [9.17, 15) is 0 Å². The molecule has 1 nitrogen and oxygen atoms in total. The lowest BCUT2D eigenvalue weighted by molar-refractivity contribution is 0.305. The Hall–Kier alpha value is -0.0200. The molecule has 1 rings (SSSR count). The van der Waals surface area contributed by atoms with Gasteiger partial charge in [-0.2, -0.15) is 0 Å². The highest BCUT2D eigenvalue weighted by Gasteiger charge is 2.00. The van der Waals surface area contributed by atoms with Crippen molar-refractivity contribution in [1.82, 2.24) is 0 Å². The fraction of sp³-hybridized carbons (Fsp3) is 0.600. The Morgan fingerprint density at radius 2 is 2.23 bits per heavy atom. The Morgan fingerprint density at radius 1 is 1.38 bits per heavy atom. The first-order valence-corrected chi connectivity index (χ1v) is 6.37. The van der Waals surface area contributed by atoms with E-state index in [0.29, 0.717) is 0 Å². The molecule has 0 amide bonds. The van der Waals surface area contributed by atoms with Gasteiger partial charge in [0.1, 0.15) is 9.54 Å². The predicted octanol–water partition coefficient (Wildman–Crippen LogP) is 4.47. The second kappa shape index (κ2) is 6.44. The molecule has 0 saturated carbocycles. The van der Waals surface area contributed by atoms with Gasteiger partial charge in [0, 0.05) is 0 Å². The number of hydrogen-bond acceptors (Lipinski definition) is 2. The van der Waals surface area contributed by atoms with E-state index in [-0.39, 0.29) is 0 Å². The van der Waals surface area contributed by atoms with E-state index >= 15 is 0 Å². The summed E-state index contributed by atoms with van der Waals surface area (Å²) < 4.78 is 6.69. The highest BCUT2D eigenvalue weighted by Crippen LogP contribution is 2.30. The molecule has 0 unspecified atom stereocenters. The van der Waals surface area contributed by atoms with E-state index in [1.54, 1.807) is 11.3 Å². The van der Waals surface area contributed by atoms with Gasteiger partial charge in [-0.3, -0.25) is 0 Å². The lowest BCUT2D eigenvalue weighted by Gasteiger charge is -2.03. The predicted molar refractivity (Wildman–Crippen MR) is 61.7 cm³/mol. The second-order valence-corrected chi connectivity index (χ2v) is 5.20. The van der Waals surface area contributed by atoms with Crippen LogP contribution in [0.4, 0.5) is 0 Å². The largest absolute Gasteiger partial charge is 0.492 e. The summed E-state index contributed by atoms with van der Waals surface area (Å²) in [5.41, 5.74) is 0. The van der Waals surface area contributed by atoms with Crippen molar-refractivity contribution in [2.75, 3.05) is 6.61 Å². The molecule has 0 aliphatic rings. The fourth-order valence-corrected chi connectivity index (χ4v) is 2.22. The summed E-state index contributed by atoms with van der Waals surface area (Å²) in [5.74, 6) is 0.987. The van der Waals surface area contributed by atoms with E-state index in [1.807, 2.05) is 11.4 Å². The third-order valence-electron chi connectivity index (χ3n) is 1.84. The smallest absolute Gasteiger partial charge is 0.144 e. The van der Waals surface area contributed by atoms with Crippen LogP contribution >= 0.6 is 27.3 Å². The molecule has 0 aromatic carbocycles. The SMILES string of the molecule is CCCCCCOc1ccsc1Br. The first-order chi connectivity index (χ1) is 6.34. The van der Waals surface area contributed by atoms with Crippen molar-refractivity contribution in [2.24, 2.45) is 0 Å². The Labute approximate surface area is 92.2 Å². The standard InChI is InChI=1S/C10H15BrOS/c1-2-3-4-5-7-12-9-6-8-13-10(9)11/h6,8H,2-5,7H2,1H3. The maximum Gasteiger partial charge on any atom is 0.144 e. The number of halogens is 1. The molecule has 0 N–H and O–H groups in total. The molecule has 0 aliphatic carbocycles. The molecule has 0 saturated heterocycles. The minimum atomic E-state index is 0.843. The second-order valence-electron chi connectivity index (χ2n) is 2.97. The van der Waals surface area contributed by atoms with Crippen LogP contribution < -0.4 is 4.74 Å². The van der Waals surface area contributed by atoms with Gasteiger partial charge in [-0.25, -0.2) is 0 Å². The highest BCUT2D eigenvalue weighted by atomic mass is 79.9. The zero-order chi connectivity index (χ0) is 9.52. The van der Waals surface area contributed by atoms with Crippen LogP contribution in [0.1, 0.15) is 32.6 Å². The highest BCUT2D eigenvalue weighted by molar-refractivity contribution is 9.11. The van der Waals surface area contributed by atoms with Crippen molar-refractivity contribution >= 4 is 27.3 Å². The normalized spacial score (nSPS) is 10.3. The molecule has 1 heterocycles. The average molecular weight is 263 g/mol. The molecule has 0 radical (unpaired) electrons. The van der Waals surface area contributed by atoms with Gasteiger partial charge in [0.2, 0.25) is 0 Å². The van der Waals surface area contributed by atoms with Gasteiger partial charge in [0.05, 0.1) is 6.61 Å². The van der Waals surface area contributed by atoms with Crippen LogP contribution in [0.25, 0.3) is 0 Å². The van der Waals surface area contributed by atoms with Gasteiger partial charge >= 0.3 is 0 Å². The number of ether oxygens (including phenoxy) is 1. The molecule has 1 aromatic heterocycles. The van der Waals surface area contributed by atoms with Crippen LogP contribution in [0.5, 0.6) is 5.75 Å². The minimum Gasteiger partial charge on any atom is -0.492 e. The van der Waals surface area contributed by atoms with E-state index < -0.39 is 0 Å². The van der Waals surface area contributed by atoms with Crippen LogP contribution in [-0.4, -0.2) is 6.61 Å². The lowest BCUT2D eigenvalue weighted by atomic mass is 10.2. The summed E-state index contributed by atoms with van der Waals surface area (Å²) in [6.45, 7) is 3.06. The van der Waals surface area contributed by atoms with Gasteiger partial charge < -0.3 is 4.74 Å². The Kier molecular flexibility index (Phi) is 5.47. The van der Waals surface area contributed by atoms with Gasteiger partial charge in [-0.05, 0) is 33.8 Å². The average Bonchev–Trinajstić information content (AvgIpc) is 2.52. The molecule has 0 aliphatic heterocycles. The fourth-order valence-electron chi connectivity index (χ4n) is 1.09. The van der Waals surface area contributed by atoms with Crippen molar-refractivity contribution in [3.05, 3.63) is 15.2 Å². The van der Waals surface area contributed by atoms with Crippen molar-refractivity contribution in [2.45, 2.75) is 32.6 Å². The molecular formula is C10H15BrOS. The molecule has 0 fully saturated rings. The molecule has 1 aromatic rings. The monoisotopic (exact) mass is 262 g/mol. The molecule has 13 heavy (non-hydrogen) atoms. The maximum absolute atomic E-state index is 5.59. The first kappa shape index (κ1) is 11.1. The van der Waals surface area contributed by atoms with Gasteiger partial charge in [-0.15, -0.1) is 11.3 Å². The molecule has 3 heteroatoms. The number of hydrogen-bond donors (Lipinski definition) is 0. The number of thiophene rings is 1. The van der Waals surface area contributed by atoms with E-state index in [1.165, 1.54) is 19.3 Å². The quantitative estimate of drug-likeness (QED) is 0.688. The molecular weight excluding hydrogens is 248 g/mol. The molecule has 74 valence electrons. The van der Waals surface area contributed by atoms with Crippen molar-refractivity contribution < 1.29 is 4.74 Å². The Balaban J connectivity index is 2.10. The van der Waals surface area contributed by atoms with Crippen LogP contribution in [0.3, 0.4) is 0 Å². The van der Waals surface area contributed by atoms with Crippen molar-refractivity contribution in [3.63, 3.8) is 0 Å². The van der Waals surface area contributed by atoms with Crippen LogP contribution in [0, 0.1) is 0 Å². The number of unbranched alkanes of at least 4 members (excludes halogenated alkanes) is 3. The third-order valence-corrected chi connectivity index (χ3v) is 3.47. The van der Waals surface area contributed by atoms with Crippen LogP contribution in [0.2, 0.25) is 0 Å². The Morgan fingerprint density at radius 3 is 2.85 bits per heavy atom. The third kappa shape index (κ3) is 4.14. The summed E-state index contributed by atoms with van der Waals surface area (Å²) in [6, 6.07) is 2.01. The maximum atomic E-state index is 5.59. The van der Waals surface area contributed by atoms with Crippen molar-refractivity contribution in [1.29, 1.82) is 0 Å². The van der Waals surface area contributed by atoms with E-state index in [2.05, 4.69) is 22.9 Å². The lowest BCUT2D eigenvalue weighted by Crippen LogP contribution is -1.96. The summed E-state index contributed by atoms with van der Waals surface area (Å²) in [6.07, 6.45) is 5.03. The van der Waals surface area contributed by atoms with E-state index in [0.717, 1.165) is 22.6 Å². The summed E-state index contributed by atoms with van der Waals surface area (Å²) in [4.78, 5) is 0. The first-order valence-electron chi connectivity index (χ1n) is 4.70. The molecule has 0 bridgehead atoms. The van der Waals surface area contributed by atoms with Gasteiger partial charge in [0.15, 0.2) is 0 Å². The van der Waals surface area contributed by atoms with Crippen LogP contribution in [0.15, 0.2) is 15.2 Å². The number of rotatable bonds is 6. The molecule has 0 atom stereocenters. The summed E-state index contributed by atoms with van der Waals surface area (Å²) >= 11 is 5.11. The van der Waals surface area contributed by atoms with Gasteiger partial charge in [-0.1, -0.05) is 26.2 Å². The molecule has 0 spiro atoms. The topological polar surface area (TPSA) is 9.23 Å². The summed E-state index contributed by atoms with van der Waals surface area (Å²) in [7, 11) is 0. The minimum absolute atomic E-state index is 0.843. The Bertz CT molecular complexity index is 235. The van der Waals surface area contributed by atoms with Crippen molar-refractivity contribution in [3.8, 4) is 5.75 Å². The van der Waals surface area contributed by atoms with E-state index in [4.69, 9.17) is 4.74 Å². The summed E-state index contributed by atoms with van der Waals surface area (Å²) in [5, 5.41) is 2.03. The zero-order valence-corrected chi connectivity index (χ0v) is 10.3. The van der Waals surface area contributed by atoms with Gasteiger partial charge in [0.25, 0.3) is 0 Å².